The number of sulfonamides is 1. The molecular formula is C26H27N3O4S. The van der Waals surface area contributed by atoms with Crippen LogP contribution in [0.4, 0.5) is 5.82 Å². The fourth-order valence-corrected chi connectivity index (χ4v) is 4.70. The van der Waals surface area contributed by atoms with Crippen molar-refractivity contribution in [3.63, 3.8) is 0 Å². The van der Waals surface area contributed by atoms with Gasteiger partial charge in [-0.1, -0.05) is 63.2 Å². The van der Waals surface area contributed by atoms with Crippen LogP contribution in [0, 0.1) is 0 Å². The Balaban J connectivity index is 1.75. The summed E-state index contributed by atoms with van der Waals surface area (Å²) in [5.74, 6) is -0.348. The SMILES string of the molecule is CCOC(=O)c1[nH]c2ccc(NS(=O)(=O)c3ccc(C(C)(C)C)cc3)nc2c1-c1ccccc1. The van der Waals surface area contributed by atoms with Crippen LogP contribution < -0.4 is 4.72 Å². The number of fused-ring (bicyclic) bond motifs is 1. The highest BCUT2D eigenvalue weighted by Crippen LogP contribution is 2.33. The largest absolute Gasteiger partial charge is 0.461 e. The number of carbonyl (C=O) groups is 1. The van der Waals surface area contributed by atoms with E-state index in [-0.39, 0.29) is 28.4 Å². The monoisotopic (exact) mass is 477 g/mol. The van der Waals surface area contributed by atoms with E-state index in [9.17, 15) is 13.2 Å². The number of anilines is 1. The summed E-state index contributed by atoms with van der Waals surface area (Å²) in [6.45, 7) is 8.18. The van der Waals surface area contributed by atoms with Gasteiger partial charge in [0.25, 0.3) is 10.0 Å². The number of hydrogen-bond acceptors (Lipinski definition) is 5. The number of benzene rings is 2. The lowest BCUT2D eigenvalue weighted by molar-refractivity contribution is 0.0521. The van der Waals surface area contributed by atoms with Gasteiger partial charge < -0.3 is 9.72 Å². The smallest absolute Gasteiger partial charge is 0.355 e. The first-order valence-corrected chi connectivity index (χ1v) is 12.5. The van der Waals surface area contributed by atoms with Gasteiger partial charge in [-0.2, -0.15) is 0 Å². The molecule has 4 aromatic rings. The maximum Gasteiger partial charge on any atom is 0.355 e. The second-order valence-electron chi connectivity index (χ2n) is 8.93. The highest BCUT2D eigenvalue weighted by atomic mass is 32.2. The summed E-state index contributed by atoms with van der Waals surface area (Å²) in [6, 6.07) is 19.4. The van der Waals surface area contributed by atoms with Crippen molar-refractivity contribution in [1.82, 2.24) is 9.97 Å². The first-order valence-electron chi connectivity index (χ1n) is 11.0. The Morgan fingerprint density at radius 3 is 2.29 bits per heavy atom. The van der Waals surface area contributed by atoms with Crippen molar-refractivity contribution in [2.75, 3.05) is 11.3 Å². The molecule has 8 heteroatoms. The molecule has 0 saturated carbocycles. The van der Waals surface area contributed by atoms with Crippen LogP contribution in [0.5, 0.6) is 0 Å². The van der Waals surface area contributed by atoms with Gasteiger partial charge in [-0.25, -0.2) is 18.2 Å². The number of rotatable bonds is 6. The molecule has 0 spiro atoms. The summed E-state index contributed by atoms with van der Waals surface area (Å²) in [7, 11) is -3.85. The van der Waals surface area contributed by atoms with Crippen molar-refractivity contribution in [2.24, 2.45) is 0 Å². The fourth-order valence-electron chi connectivity index (χ4n) is 3.70. The van der Waals surface area contributed by atoms with Gasteiger partial charge in [-0.15, -0.1) is 0 Å². The maximum atomic E-state index is 13.0. The van der Waals surface area contributed by atoms with E-state index in [0.29, 0.717) is 16.6 Å². The molecule has 0 aliphatic heterocycles. The third-order valence-corrected chi connectivity index (χ3v) is 6.82. The first-order chi connectivity index (χ1) is 16.1. The minimum absolute atomic E-state index is 0.0823. The highest BCUT2D eigenvalue weighted by molar-refractivity contribution is 7.92. The number of aromatic amines is 1. The quantitative estimate of drug-likeness (QED) is 0.357. The molecule has 2 N–H and O–H groups in total. The molecule has 0 aliphatic carbocycles. The molecule has 0 bridgehead atoms. The van der Waals surface area contributed by atoms with Crippen LogP contribution in [0.25, 0.3) is 22.2 Å². The summed E-state index contributed by atoms with van der Waals surface area (Å²) < 4.78 is 33.8. The summed E-state index contributed by atoms with van der Waals surface area (Å²) in [6.07, 6.45) is 0. The van der Waals surface area contributed by atoms with Crippen molar-refractivity contribution >= 4 is 32.8 Å². The molecule has 7 nitrogen and oxygen atoms in total. The standard InChI is InChI=1S/C26H27N3O4S/c1-5-33-25(30)24-22(17-9-7-6-8-10-17)23-20(27-24)15-16-21(28-23)29-34(31,32)19-13-11-18(12-14-19)26(2,3)4/h6-16,27H,5H2,1-4H3,(H,28,29). The van der Waals surface area contributed by atoms with E-state index in [0.717, 1.165) is 11.1 Å². The highest BCUT2D eigenvalue weighted by Gasteiger charge is 2.23. The van der Waals surface area contributed by atoms with E-state index in [4.69, 9.17) is 4.74 Å². The van der Waals surface area contributed by atoms with Crippen LogP contribution in [0.15, 0.2) is 71.6 Å². The normalized spacial score (nSPS) is 12.0. The molecule has 2 aromatic carbocycles. The van der Waals surface area contributed by atoms with Crippen LogP contribution in [0.1, 0.15) is 43.7 Å². The number of carbonyl (C=O) groups excluding carboxylic acids is 1. The molecule has 34 heavy (non-hydrogen) atoms. The Bertz CT molecular complexity index is 1440. The second kappa shape index (κ2) is 8.95. The molecule has 2 aromatic heterocycles. The van der Waals surface area contributed by atoms with Crippen LogP contribution in [0.3, 0.4) is 0 Å². The van der Waals surface area contributed by atoms with Gasteiger partial charge in [-0.05, 0) is 47.7 Å². The van der Waals surface area contributed by atoms with E-state index in [2.05, 4.69) is 35.5 Å². The molecule has 0 saturated heterocycles. The fraction of sp³-hybridized carbons (Fsp3) is 0.231. The van der Waals surface area contributed by atoms with Crippen LogP contribution in [0.2, 0.25) is 0 Å². The minimum atomic E-state index is -3.85. The van der Waals surface area contributed by atoms with Gasteiger partial charge in [0.15, 0.2) is 0 Å². The summed E-state index contributed by atoms with van der Waals surface area (Å²) in [5.41, 5.74) is 3.62. The van der Waals surface area contributed by atoms with E-state index in [1.807, 2.05) is 42.5 Å². The van der Waals surface area contributed by atoms with E-state index in [1.165, 1.54) is 0 Å². The molecule has 0 radical (unpaired) electrons. The average Bonchev–Trinajstić information content (AvgIpc) is 3.18. The Labute approximate surface area is 199 Å². The lowest BCUT2D eigenvalue weighted by Gasteiger charge is -2.19. The molecule has 0 fully saturated rings. The zero-order valence-electron chi connectivity index (χ0n) is 19.5. The average molecular weight is 478 g/mol. The summed E-state index contributed by atoms with van der Waals surface area (Å²) >= 11 is 0. The number of hydrogen-bond donors (Lipinski definition) is 2. The van der Waals surface area contributed by atoms with Crippen LogP contribution >= 0.6 is 0 Å². The van der Waals surface area contributed by atoms with Gasteiger partial charge in [0.1, 0.15) is 11.5 Å². The predicted molar refractivity (Wildman–Crippen MR) is 133 cm³/mol. The molecular weight excluding hydrogens is 450 g/mol. The number of ether oxygens (including phenoxy) is 1. The number of aromatic nitrogens is 2. The molecule has 0 amide bonds. The topological polar surface area (TPSA) is 101 Å². The van der Waals surface area contributed by atoms with Gasteiger partial charge >= 0.3 is 5.97 Å². The molecule has 176 valence electrons. The maximum absolute atomic E-state index is 13.0. The van der Waals surface area contributed by atoms with Crippen molar-refractivity contribution in [2.45, 2.75) is 38.0 Å². The Hall–Kier alpha value is -3.65. The second-order valence-corrected chi connectivity index (χ2v) is 10.6. The van der Waals surface area contributed by atoms with E-state index < -0.39 is 16.0 Å². The third kappa shape index (κ3) is 4.68. The number of nitrogens with zero attached hydrogens (tertiary/aromatic N) is 1. The van der Waals surface area contributed by atoms with Gasteiger partial charge in [0.05, 0.1) is 22.5 Å². The molecule has 0 aliphatic rings. The molecule has 4 rings (SSSR count). The van der Waals surface area contributed by atoms with Gasteiger partial charge in [-0.3, -0.25) is 4.72 Å². The third-order valence-electron chi connectivity index (χ3n) is 5.45. The Kier molecular flexibility index (Phi) is 6.18. The van der Waals surface area contributed by atoms with Crippen molar-refractivity contribution in [3.8, 4) is 11.1 Å². The minimum Gasteiger partial charge on any atom is -0.461 e. The van der Waals surface area contributed by atoms with Crippen LogP contribution in [-0.4, -0.2) is 31.0 Å². The molecule has 0 atom stereocenters. The van der Waals surface area contributed by atoms with E-state index >= 15 is 0 Å². The number of H-pyrrole nitrogens is 1. The van der Waals surface area contributed by atoms with Crippen molar-refractivity contribution < 1.29 is 17.9 Å². The predicted octanol–water partition coefficient (Wildman–Crippen LogP) is 5.50. The number of esters is 1. The molecule has 2 heterocycles. The lowest BCUT2D eigenvalue weighted by atomic mass is 9.87. The molecule has 0 unspecified atom stereocenters. The summed E-state index contributed by atoms with van der Waals surface area (Å²) in [4.78, 5) is 20.4. The van der Waals surface area contributed by atoms with Crippen molar-refractivity contribution in [1.29, 1.82) is 0 Å². The first kappa shape index (κ1) is 23.5. The van der Waals surface area contributed by atoms with Gasteiger partial charge in [0.2, 0.25) is 0 Å². The zero-order valence-corrected chi connectivity index (χ0v) is 20.4. The van der Waals surface area contributed by atoms with Crippen LogP contribution in [-0.2, 0) is 20.2 Å². The number of nitrogens with one attached hydrogen (secondary N) is 2. The summed E-state index contributed by atoms with van der Waals surface area (Å²) in [5, 5.41) is 0. The zero-order chi connectivity index (χ0) is 24.5. The lowest BCUT2D eigenvalue weighted by Crippen LogP contribution is -2.15. The number of pyridine rings is 1. The Morgan fingerprint density at radius 1 is 1.00 bits per heavy atom. The van der Waals surface area contributed by atoms with E-state index in [1.54, 1.807) is 31.2 Å². The van der Waals surface area contributed by atoms with Crippen molar-refractivity contribution in [3.05, 3.63) is 78.0 Å². The van der Waals surface area contributed by atoms with Gasteiger partial charge in [0, 0.05) is 5.56 Å². The Morgan fingerprint density at radius 2 is 1.68 bits per heavy atom.